The minimum Gasteiger partial charge on any atom is -0.290 e. The minimum atomic E-state index is -4.83. The van der Waals surface area contributed by atoms with Gasteiger partial charge in [-0.3, -0.25) is 9.48 Å². The van der Waals surface area contributed by atoms with Crippen molar-refractivity contribution in [2.24, 2.45) is 12.5 Å². The summed E-state index contributed by atoms with van der Waals surface area (Å²) in [6.45, 7) is -1.65. The van der Waals surface area contributed by atoms with Crippen LogP contribution < -0.4 is 0 Å². The number of nitrogens with zero attached hydrogens (tertiary/aromatic N) is 7. The van der Waals surface area contributed by atoms with E-state index >= 15 is 0 Å². The lowest BCUT2D eigenvalue weighted by Gasteiger charge is -2.47. The monoisotopic (exact) mass is 687 g/mol. The molecule has 3 heterocycles. The number of carbonyl (C=O) groups excluding carboxylic acids is 1. The number of Topliss-reactive ketones (excluding diaryl/α,β-unsaturated/α-hetero) is 1. The Labute approximate surface area is 261 Å². The number of halogens is 7. The number of hydrogen-bond acceptors (Lipinski definition) is 7. The van der Waals surface area contributed by atoms with Crippen LogP contribution in [0.1, 0.15) is 45.2 Å². The number of benzene rings is 1. The first-order valence-corrected chi connectivity index (χ1v) is 16.2. The van der Waals surface area contributed by atoms with Crippen LogP contribution in [0.3, 0.4) is 0 Å². The Kier molecular flexibility index (Phi) is 7.75. The largest absolute Gasteiger partial charge is 0.427 e. The third kappa shape index (κ3) is 5.77. The summed E-state index contributed by atoms with van der Waals surface area (Å²) in [5, 5.41) is 11.1. The summed E-state index contributed by atoms with van der Waals surface area (Å²) < 4.78 is 113. The molecule has 1 saturated carbocycles. The number of alkyl halides is 6. The summed E-state index contributed by atoms with van der Waals surface area (Å²) in [6, 6.07) is 4.30. The number of hydrogen-bond donors (Lipinski definition) is 0. The number of rotatable bonds is 7. The van der Waals surface area contributed by atoms with E-state index in [1.807, 2.05) is 0 Å². The number of thiazole rings is 1. The van der Waals surface area contributed by atoms with Crippen molar-refractivity contribution in [1.29, 1.82) is 0 Å². The van der Waals surface area contributed by atoms with E-state index in [0.29, 0.717) is 33.0 Å². The van der Waals surface area contributed by atoms with Crippen molar-refractivity contribution in [1.82, 2.24) is 34.1 Å². The van der Waals surface area contributed by atoms with Gasteiger partial charge in [-0.1, -0.05) is 10.8 Å². The fraction of sp³-hybridized carbons (Fsp3) is 0.357. The van der Waals surface area contributed by atoms with Gasteiger partial charge in [0.2, 0.25) is 5.78 Å². The summed E-state index contributed by atoms with van der Waals surface area (Å²) in [7, 11) is -2.46. The van der Waals surface area contributed by atoms with Gasteiger partial charge in [0.15, 0.2) is 10.0 Å². The zero-order valence-corrected chi connectivity index (χ0v) is 25.5. The molecule has 1 aromatic carbocycles. The molecule has 4 aromatic rings. The lowest BCUT2D eigenvalue weighted by atomic mass is 9.61. The second-order valence-corrected chi connectivity index (χ2v) is 14.4. The van der Waals surface area contributed by atoms with Crippen LogP contribution >= 0.6 is 11.3 Å². The van der Waals surface area contributed by atoms with Crippen molar-refractivity contribution in [2.45, 2.75) is 49.1 Å². The summed E-state index contributed by atoms with van der Waals surface area (Å²) in [6.07, 6.45) is -5.17. The molecule has 0 bridgehead atoms. The van der Waals surface area contributed by atoms with Crippen LogP contribution in [0.25, 0.3) is 11.8 Å². The van der Waals surface area contributed by atoms with E-state index in [0.717, 1.165) is 0 Å². The summed E-state index contributed by atoms with van der Waals surface area (Å²) in [5.74, 6) is 2.34. The first-order chi connectivity index (χ1) is 21.5. The molecule has 0 radical (unpaired) electrons. The molecule has 1 unspecified atom stereocenters. The third-order valence-electron chi connectivity index (χ3n) is 8.15. The van der Waals surface area contributed by atoms with E-state index < -0.39 is 61.5 Å². The molecule has 0 saturated heterocycles. The summed E-state index contributed by atoms with van der Waals surface area (Å²) >= 11 is 0.149. The Bertz CT molecular complexity index is 1940. The van der Waals surface area contributed by atoms with Gasteiger partial charge in [-0.2, -0.15) is 31.4 Å². The zero-order valence-electron chi connectivity index (χ0n) is 23.8. The molecule has 2 aliphatic carbocycles. The molecule has 6 rings (SSSR count). The van der Waals surface area contributed by atoms with Crippen molar-refractivity contribution in [3.05, 3.63) is 75.4 Å². The molecule has 2 aliphatic rings. The number of aromatic nitrogens is 6. The van der Waals surface area contributed by atoms with Crippen LogP contribution in [0.5, 0.6) is 0 Å². The Morgan fingerprint density at radius 1 is 1.17 bits per heavy atom. The van der Waals surface area contributed by atoms with E-state index in [2.05, 4.69) is 26.3 Å². The van der Waals surface area contributed by atoms with Gasteiger partial charge in [-0.05, 0) is 67.5 Å². The molecule has 0 aliphatic heterocycles. The number of ketones is 1. The van der Waals surface area contributed by atoms with Crippen molar-refractivity contribution in [3.8, 4) is 5.69 Å². The van der Waals surface area contributed by atoms with Crippen LogP contribution in [-0.2, 0) is 29.4 Å². The van der Waals surface area contributed by atoms with Gasteiger partial charge in [0.05, 0.1) is 45.1 Å². The van der Waals surface area contributed by atoms with Gasteiger partial charge in [0, 0.05) is 13.1 Å². The number of fused-ring (bicyclic) bond motifs is 2. The molecule has 244 valence electrons. The normalized spacial score (nSPS) is 21.4. The van der Waals surface area contributed by atoms with Crippen LogP contribution in [0.2, 0.25) is 0 Å². The molecule has 3 aromatic heterocycles. The number of aryl methyl sites for hydroxylation is 1. The predicted octanol–water partition coefficient (Wildman–Crippen LogP) is 5.53. The highest BCUT2D eigenvalue weighted by molar-refractivity contribution is 7.98. The van der Waals surface area contributed by atoms with Gasteiger partial charge >= 0.3 is 12.4 Å². The Morgan fingerprint density at radius 2 is 1.89 bits per heavy atom. The van der Waals surface area contributed by atoms with Crippen molar-refractivity contribution in [2.75, 3.05) is 6.54 Å². The Hall–Kier alpha value is -3.90. The second kappa shape index (κ2) is 11.1. The van der Waals surface area contributed by atoms with Crippen LogP contribution in [0.15, 0.2) is 53.5 Å². The lowest BCUT2D eigenvalue weighted by Crippen LogP contribution is -2.52. The zero-order chi connectivity index (χ0) is 33.2. The van der Waals surface area contributed by atoms with E-state index in [1.54, 1.807) is 6.08 Å². The maximum Gasteiger partial charge on any atom is 0.427 e. The van der Waals surface area contributed by atoms with Crippen LogP contribution in [0.4, 0.5) is 30.7 Å². The molecule has 46 heavy (non-hydrogen) atoms. The minimum absolute atomic E-state index is 0.00933. The maximum atomic E-state index is 14.3. The molecule has 1 fully saturated rings. The standard InChI is InChI=1S/C28H24F7N7O2S2/c1-40-14-23(38-39-40)46(2,44)41(15-27(30,31)32)20-6-3-17-9-21-16(12-37-42(21)19-7-4-18(29)5-8-19)10-26(17,11-20)24(43)25-36-13-22(45-25)28(33,34)35/h4-5,7-9,12-14,20H,2-3,6,10-11,15H2,1H3/t20-,26-,46?/m0/s1. The van der Waals surface area contributed by atoms with Gasteiger partial charge in [0.1, 0.15) is 17.2 Å². The second-order valence-electron chi connectivity index (χ2n) is 11.2. The third-order valence-corrected chi connectivity index (χ3v) is 11.2. The first kappa shape index (κ1) is 32.1. The fourth-order valence-electron chi connectivity index (χ4n) is 6.08. The van der Waals surface area contributed by atoms with Gasteiger partial charge < -0.3 is 0 Å². The molecule has 18 heteroatoms. The topological polar surface area (TPSA) is 98.8 Å². The average Bonchev–Trinajstić information content (AvgIpc) is 3.74. The smallest absolute Gasteiger partial charge is 0.290 e. The van der Waals surface area contributed by atoms with E-state index in [4.69, 9.17) is 0 Å². The van der Waals surface area contributed by atoms with Crippen LogP contribution in [-0.4, -0.2) is 68.7 Å². The first-order valence-electron chi connectivity index (χ1n) is 13.7. The molecular formula is C28H24F7N7O2S2. The fourth-order valence-corrected chi connectivity index (χ4v) is 8.64. The van der Waals surface area contributed by atoms with E-state index in [-0.39, 0.29) is 42.0 Å². The van der Waals surface area contributed by atoms with Crippen molar-refractivity contribution < 1.29 is 39.7 Å². The van der Waals surface area contributed by atoms with Crippen LogP contribution in [0, 0.1) is 11.2 Å². The SMILES string of the molecule is C=S(=O)(c1cn(C)nn1)N(CC(F)(F)F)[C@H]1CCC2=Cc3c(cnn3-c3ccc(F)cc3)C[C@]2(C(=O)c2ncc(C(F)(F)F)s2)C1. The van der Waals surface area contributed by atoms with Crippen molar-refractivity contribution in [3.63, 3.8) is 0 Å². The van der Waals surface area contributed by atoms with Crippen molar-refractivity contribution >= 4 is 38.8 Å². The quantitative estimate of drug-likeness (QED) is 0.144. The molecule has 0 amide bonds. The predicted molar refractivity (Wildman–Crippen MR) is 154 cm³/mol. The van der Waals surface area contributed by atoms with Gasteiger partial charge in [-0.25, -0.2) is 22.6 Å². The van der Waals surface area contributed by atoms with E-state index in [9.17, 15) is 39.7 Å². The van der Waals surface area contributed by atoms with Gasteiger partial charge in [0.25, 0.3) is 0 Å². The number of allylic oxidation sites excluding steroid dienone is 1. The maximum absolute atomic E-state index is 14.3. The molecule has 0 N–H and O–H groups in total. The highest BCUT2D eigenvalue weighted by Crippen LogP contribution is 2.52. The molecule has 3 atom stereocenters. The Morgan fingerprint density at radius 3 is 2.50 bits per heavy atom. The molecular weight excluding hydrogens is 663 g/mol. The summed E-state index contributed by atoms with van der Waals surface area (Å²) in [5.41, 5.74) is 0.331. The lowest BCUT2D eigenvalue weighted by molar-refractivity contribution is -0.140. The summed E-state index contributed by atoms with van der Waals surface area (Å²) in [4.78, 5) is 17.0. The molecule has 9 nitrogen and oxygen atoms in total. The Balaban J connectivity index is 1.46. The average molecular weight is 688 g/mol. The highest BCUT2D eigenvalue weighted by atomic mass is 32.2. The number of carbonyl (C=O) groups is 1. The van der Waals surface area contributed by atoms with Gasteiger partial charge in [-0.15, -0.1) is 16.4 Å². The highest BCUT2D eigenvalue weighted by Gasteiger charge is 2.53. The van der Waals surface area contributed by atoms with E-state index in [1.165, 1.54) is 53.1 Å². The molecule has 0 spiro atoms.